The van der Waals surface area contributed by atoms with E-state index in [1.54, 1.807) is 6.92 Å². The van der Waals surface area contributed by atoms with Crippen LogP contribution in [0.25, 0.3) is 0 Å². The summed E-state index contributed by atoms with van der Waals surface area (Å²) in [5.41, 5.74) is 1.70. The van der Waals surface area contributed by atoms with Crippen LogP contribution >= 0.6 is 0 Å². The molecule has 0 bridgehead atoms. The van der Waals surface area contributed by atoms with Crippen LogP contribution in [0.15, 0.2) is 41.4 Å². The number of nitrogens with zero attached hydrogens (tertiary/aromatic N) is 1. The van der Waals surface area contributed by atoms with E-state index in [0.717, 1.165) is 18.4 Å². The molecule has 3 unspecified atom stereocenters. The smallest absolute Gasteiger partial charge is 0.139 e. The van der Waals surface area contributed by atoms with Gasteiger partial charge in [0.2, 0.25) is 0 Å². The first-order valence-electron chi connectivity index (χ1n) is 8.65. The van der Waals surface area contributed by atoms with E-state index < -0.39 is 6.17 Å². The zero-order chi connectivity index (χ0) is 17.5. The lowest BCUT2D eigenvalue weighted by atomic mass is 9.82. The molecule has 0 fully saturated rings. The number of hydrogen-bond acceptors (Lipinski definition) is 2. The summed E-state index contributed by atoms with van der Waals surface area (Å²) in [6.45, 7) is 12.9. The van der Waals surface area contributed by atoms with Gasteiger partial charge in [0, 0.05) is 11.8 Å². The zero-order valence-electron chi connectivity index (χ0n) is 15.4. The van der Waals surface area contributed by atoms with E-state index in [1.165, 1.54) is 0 Å². The molecule has 1 rings (SSSR count). The summed E-state index contributed by atoms with van der Waals surface area (Å²) in [4.78, 5) is 4.45. The van der Waals surface area contributed by atoms with Crippen LogP contribution in [0.5, 0.6) is 0 Å². The van der Waals surface area contributed by atoms with Crippen molar-refractivity contribution in [2.24, 2.45) is 16.3 Å². The highest BCUT2D eigenvalue weighted by Crippen LogP contribution is 2.28. The maximum Gasteiger partial charge on any atom is 0.139 e. The highest BCUT2D eigenvalue weighted by Gasteiger charge is 2.24. The van der Waals surface area contributed by atoms with E-state index >= 15 is 0 Å². The fourth-order valence-electron chi connectivity index (χ4n) is 2.58. The van der Waals surface area contributed by atoms with Gasteiger partial charge in [0.05, 0.1) is 6.54 Å². The molecule has 0 saturated carbocycles. The van der Waals surface area contributed by atoms with Gasteiger partial charge in [-0.2, -0.15) is 0 Å². The SMILES string of the molecule is C=C(C/N=C(\C)C(F)CC(NC)C1C=CC=CC1)C(C)(C)CC. The molecule has 0 radical (unpaired) electrons. The summed E-state index contributed by atoms with van der Waals surface area (Å²) in [5, 5.41) is 3.26. The molecule has 1 N–H and O–H groups in total. The molecular formula is C20H33FN2. The highest BCUT2D eigenvalue weighted by atomic mass is 19.1. The van der Waals surface area contributed by atoms with E-state index in [2.05, 4.69) is 49.8 Å². The van der Waals surface area contributed by atoms with Crippen molar-refractivity contribution in [3.63, 3.8) is 0 Å². The van der Waals surface area contributed by atoms with Gasteiger partial charge in [-0.15, -0.1) is 0 Å². The second kappa shape index (κ2) is 9.17. The Bertz CT molecular complexity index is 474. The van der Waals surface area contributed by atoms with Crippen LogP contribution in [0.3, 0.4) is 0 Å². The number of aliphatic imine (C=N–C) groups is 1. The Morgan fingerprint density at radius 1 is 1.43 bits per heavy atom. The predicted molar refractivity (Wildman–Crippen MR) is 99.9 cm³/mol. The van der Waals surface area contributed by atoms with Gasteiger partial charge in [-0.3, -0.25) is 4.99 Å². The number of allylic oxidation sites excluding steroid dienone is 3. The Kier molecular flexibility index (Phi) is 7.90. The molecule has 0 aromatic heterocycles. The Hall–Kier alpha value is -1.22. The fourth-order valence-corrected chi connectivity index (χ4v) is 2.58. The fraction of sp³-hybridized carbons (Fsp3) is 0.650. The van der Waals surface area contributed by atoms with Gasteiger partial charge >= 0.3 is 0 Å². The van der Waals surface area contributed by atoms with Crippen LogP contribution in [0.4, 0.5) is 4.39 Å². The summed E-state index contributed by atoms with van der Waals surface area (Å²) in [6.07, 6.45) is 9.82. The molecule has 0 amide bonds. The summed E-state index contributed by atoms with van der Waals surface area (Å²) >= 11 is 0. The van der Waals surface area contributed by atoms with Gasteiger partial charge in [-0.1, -0.05) is 57.2 Å². The molecule has 3 atom stereocenters. The number of hydrogen-bond donors (Lipinski definition) is 1. The van der Waals surface area contributed by atoms with Crippen LogP contribution in [0.2, 0.25) is 0 Å². The van der Waals surface area contributed by atoms with Crippen molar-refractivity contribution in [2.45, 2.75) is 59.2 Å². The molecule has 0 aromatic rings. The summed E-state index contributed by atoms with van der Waals surface area (Å²) in [7, 11) is 1.90. The normalized spacial score (nSPS) is 21.3. The van der Waals surface area contributed by atoms with E-state index in [4.69, 9.17) is 0 Å². The van der Waals surface area contributed by atoms with Gasteiger partial charge in [0.15, 0.2) is 0 Å². The summed E-state index contributed by atoms with van der Waals surface area (Å²) < 4.78 is 14.6. The maximum atomic E-state index is 14.6. The lowest BCUT2D eigenvalue weighted by Gasteiger charge is -2.27. The molecule has 130 valence electrons. The van der Waals surface area contributed by atoms with E-state index in [-0.39, 0.29) is 11.5 Å². The monoisotopic (exact) mass is 320 g/mol. The summed E-state index contributed by atoms with van der Waals surface area (Å²) in [6, 6.07) is 0.131. The molecule has 0 saturated heterocycles. The lowest BCUT2D eigenvalue weighted by molar-refractivity contribution is 0.315. The molecular weight excluding hydrogens is 287 g/mol. The Morgan fingerprint density at radius 3 is 2.65 bits per heavy atom. The van der Waals surface area contributed by atoms with Gasteiger partial charge in [0.1, 0.15) is 6.17 Å². The van der Waals surface area contributed by atoms with Crippen molar-refractivity contribution in [3.8, 4) is 0 Å². The van der Waals surface area contributed by atoms with E-state index in [1.807, 2.05) is 19.2 Å². The molecule has 0 aliphatic heterocycles. The highest BCUT2D eigenvalue weighted by molar-refractivity contribution is 5.86. The van der Waals surface area contributed by atoms with Crippen molar-refractivity contribution >= 4 is 5.71 Å². The molecule has 23 heavy (non-hydrogen) atoms. The van der Waals surface area contributed by atoms with Crippen molar-refractivity contribution in [2.75, 3.05) is 13.6 Å². The number of rotatable bonds is 9. The van der Waals surface area contributed by atoms with E-state index in [0.29, 0.717) is 24.6 Å². The molecule has 0 aromatic carbocycles. The lowest BCUT2D eigenvalue weighted by Crippen LogP contribution is -2.37. The quantitative estimate of drug-likeness (QED) is 0.475. The van der Waals surface area contributed by atoms with Crippen LogP contribution in [-0.4, -0.2) is 31.5 Å². The third-order valence-corrected chi connectivity index (χ3v) is 5.18. The standard InChI is InChI=1S/C20H33FN2/c1-7-20(4,5)15(2)14-23-16(3)18(21)13-19(22-6)17-11-9-8-10-12-17/h8-11,17-19,22H,2,7,12-14H2,1,3-6H3/b23-16+. The van der Waals surface area contributed by atoms with Crippen molar-refractivity contribution in [1.29, 1.82) is 0 Å². The number of nitrogens with one attached hydrogen (secondary N) is 1. The molecule has 0 heterocycles. The predicted octanol–water partition coefficient (Wildman–Crippen LogP) is 4.89. The van der Waals surface area contributed by atoms with Gasteiger partial charge < -0.3 is 5.32 Å². The topological polar surface area (TPSA) is 24.4 Å². The van der Waals surface area contributed by atoms with Gasteiger partial charge in [-0.25, -0.2) is 4.39 Å². The maximum absolute atomic E-state index is 14.6. The average molecular weight is 320 g/mol. The van der Waals surface area contributed by atoms with Crippen molar-refractivity contribution in [3.05, 3.63) is 36.5 Å². The Morgan fingerprint density at radius 2 is 2.13 bits per heavy atom. The minimum absolute atomic E-state index is 0.0579. The third-order valence-electron chi connectivity index (χ3n) is 5.18. The van der Waals surface area contributed by atoms with Gasteiger partial charge in [0.25, 0.3) is 0 Å². The molecule has 0 spiro atoms. The van der Waals surface area contributed by atoms with Crippen LogP contribution in [0.1, 0.15) is 47.0 Å². The second-order valence-electron chi connectivity index (χ2n) is 7.11. The zero-order valence-corrected chi connectivity index (χ0v) is 15.4. The average Bonchev–Trinajstić information content (AvgIpc) is 2.57. The minimum Gasteiger partial charge on any atom is -0.316 e. The van der Waals surface area contributed by atoms with Crippen molar-refractivity contribution in [1.82, 2.24) is 5.32 Å². The van der Waals surface area contributed by atoms with Crippen LogP contribution in [-0.2, 0) is 0 Å². The van der Waals surface area contributed by atoms with Crippen LogP contribution in [0, 0.1) is 11.3 Å². The van der Waals surface area contributed by atoms with Gasteiger partial charge in [-0.05, 0) is 44.6 Å². The molecule has 1 aliphatic rings. The Balaban J connectivity index is 2.59. The minimum atomic E-state index is -1.01. The number of halogens is 1. The van der Waals surface area contributed by atoms with Crippen molar-refractivity contribution < 1.29 is 4.39 Å². The first-order chi connectivity index (χ1) is 10.8. The number of alkyl halides is 1. The first kappa shape index (κ1) is 19.8. The second-order valence-corrected chi connectivity index (χ2v) is 7.11. The van der Waals surface area contributed by atoms with Crippen LogP contribution < -0.4 is 5.32 Å². The molecule has 2 nitrogen and oxygen atoms in total. The largest absolute Gasteiger partial charge is 0.316 e. The molecule has 3 heteroatoms. The third kappa shape index (κ3) is 6.06. The summed E-state index contributed by atoms with van der Waals surface area (Å²) in [5.74, 6) is 0.352. The molecule has 1 aliphatic carbocycles. The first-order valence-corrected chi connectivity index (χ1v) is 8.65. The Labute approximate surface area is 141 Å². The van der Waals surface area contributed by atoms with E-state index in [9.17, 15) is 4.39 Å².